The van der Waals surface area contributed by atoms with Crippen LogP contribution in [0.2, 0.25) is 0 Å². The van der Waals surface area contributed by atoms with Crippen molar-refractivity contribution in [2.24, 2.45) is 11.3 Å². The molecular weight excluding hydrogens is 220 g/mol. The molecule has 1 fully saturated rings. The fraction of sp³-hybridized carbons (Fsp3) is 0.692. The van der Waals surface area contributed by atoms with Gasteiger partial charge in [-0.05, 0) is 32.1 Å². The molecule has 0 radical (unpaired) electrons. The van der Waals surface area contributed by atoms with Crippen LogP contribution in [0, 0.1) is 11.3 Å². The molecule has 0 bridgehead atoms. The number of rotatable bonds is 4. The number of hydrogen-bond donors (Lipinski definition) is 0. The van der Waals surface area contributed by atoms with Crippen LogP contribution in [0.5, 0.6) is 0 Å². The number of esters is 2. The molecule has 17 heavy (non-hydrogen) atoms. The Hall–Kier alpha value is -1.32. The SMILES string of the molecule is C=C(C)CC1CCCC1(C(=O)OC)C(=O)OC. The zero-order valence-electron chi connectivity index (χ0n) is 10.7. The Bertz CT molecular complexity index is 316. The van der Waals surface area contributed by atoms with Crippen molar-refractivity contribution in [1.29, 1.82) is 0 Å². The Morgan fingerprint density at radius 3 is 2.24 bits per heavy atom. The molecule has 0 amide bonds. The standard InChI is InChI=1S/C13H20O4/c1-9(2)8-10-6-5-7-13(10,11(14)16-3)12(15)17-4/h10H,1,5-8H2,2-4H3. The van der Waals surface area contributed by atoms with Crippen molar-refractivity contribution in [2.75, 3.05) is 14.2 Å². The maximum absolute atomic E-state index is 12.0. The molecule has 1 rings (SSSR count). The van der Waals surface area contributed by atoms with E-state index in [1.54, 1.807) is 0 Å². The van der Waals surface area contributed by atoms with Gasteiger partial charge in [-0.15, -0.1) is 6.58 Å². The average molecular weight is 240 g/mol. The fourth-order valence-electron chi connectivity index (χ4n) is 2.76. The Morgan fingerprint density at radius 2 is 1.82 bits per heavy atom. The van der Waals surface area contributed by atoms with Crippen LogP contribution in [0.3, 0.4) is 0 Å². The maximum Gasteiger partial charge on any atom is 0.323 e. The average Bonchev–Trinajstić information content (AvgIpc) is 2.70. The first kappa shape index (κ1) is 13.7. The highest BCUT2D eigenvalue weighted by molar-refractivity contribution is 6.00. The number of carbonyl (C=O) groups excluding carboxylic acids is 2. The lowest BCUT2D eigenvalue weighted by Gasteiger charge is -2.29. The van der Waals surface area contributed by atoms with Crippen molar-refractivity contribution in [2.45, 2.75) is 32.6 Å². The molecule has 1 saturated carbocycles. The third kappa shape index (κ3) is 2.35. The number of ether oxygens (including phenoxy) is 2. The van der Waals surface area contributed by atoms with E-state index in [0.717, 1.165) is 18.4 Å². The van der Waals surface area contributed by atoms with Gasteiger partial charge in [0.2, 0.25) is 0 Å². The zero-order chi connectivity index (χ0) is 13.1. The van der Waals surface area contributed by atoms with E-state index in [2.05, 4.69) is 6.58 Å². The molecule has 1 atom stereocenters. The summed E-state index contributed by atoms with van der Waals surface area (Å²) in [6, 6.07) is 0. The first-order valence-corrected chi connectivity index (χ1v) is 5.80. The molecule has 96 valence electrons. The molecule has 0 N–H and O–H groups in total. The van der Waals surface area contributed by atoms with Crippen molar-refractivity contribution in [1.82, 2.24) is 0 Å². The van der Waals surface area contributed by atoms with Crippen molar-refractivity contribution < 1.29 is 19.1 Å². The number of hydrogen-bond acceptors (Lipinski definition) is 4. The fourth-order valence-corrected chi connectivity index (χ4v) is 2.76. The molecule has 0 saturated heterocycles. The third-order valence-electron chi connectivity index (χ3n) is 3.51. The van der Waals surface area contributed by atoms with Gasteiger partial charge in [0.1, 0.15) is 0 Å². The van der Waals surface area contributed by atoms with Gasteiger partial charge >= 0.3 is 11.9 Å². The van der Waals surface area contributed by atoms with Crippen LogP contribution in [-0.2, 0) is 19.1 Å². The summed E-state index contributed by atoms with van der Waals surface area (Å²) in [6.45, 7) is 5.75. The van der Waals surface area contributed by atoms with E-state index in [9.17, 15) is 9.59 Å². The Kier molecular flexibility index (Phi) is 4.32. The molecule has 0 aromatic carbocycles. The minimum Gasteiger partial charge on any atom is -0.468 e. The Balaban J connectivity index is 3.07. The second kappa shape index (κ2) is 5.34. The molecule has 0 spiro atoms. The van der Waals surface area contributed by atoms with Gasteiger partial charge in [-0.25, -0.2) is 0 Å². The lowest BCUT2D eigenvalue weighted by Crippen LogP contribution is -2.44. The second-order valence-electron chi connectivity index (χ2n) is 4.70. The molecule has 4 heteroatoms. The van der Waals surface area contributed by atoms with Gasteiger partial charge in [-0.2, -0.15) is 0 Å². The summed E-state index contributed by atoms with van der Waals surface area (Å²) in [5.74, 6) is -1.01. The smallest absolute Gasteiger partial charge is 0.323 e. The van der Waals surface area contributed by atoms with Crippen LogP contribution in [-0.4, -0.2) is 26.2 Å². The van der Waals surface area contributed by atoms with Crippen LogP contribution in [0.1, 0.15) is 32.6 Å². The van der Waals surface area contributed by atoms with E-state index in [1.165, 1.54) is 14.2 Å². The molecule has 0 aromatic rings. The van der Waals surface area contributed by atoms with E-state index in [0.29, 0.717) is 12.8 Å². The van der Waals surface area contributed by atoms with Gasteiger partial charge in [-0.3, -0.25) is 9.59 Å². The predicted octanol–water partition coefficient (Wildman–Crippen LogP) is 2.09. The summed E-state index contributed by atoms with van der Waals surface area (Å²) < 4.78 is 9.61. The van der Waals surface area contributed by atoms with Crippen molar-refractivity contribution in [3.8, 4) is 0 Å². The van der Waals surface area contributed by atoms with Gasteiger partial charge < -0.3 is 9.47 Å². The van der Waals surface area contributed by atoms with Crippen molar-refractivity contribution in [3.05, 3.63) is 12.2 Å². The normalized spacial score (nSPS) is 21.9. The molecule has 0 aliphatic heterocycles. The molecule has 0 heterocycles. The minimum absolute atomic E-state index is 0.0556. The summed E-state index contributed by atoms with van der Waals surface area (Å²) >= 11 is 0. The molecule has 4 nitrogen and oxygen atoms in total. The van der Waals surface area contributed by atoms with Gasteiger partial charge in [0.05, 0.1) is 14.2 Å². The van der Waals surface area contributed by atoms with E-state index in [1.807, 2.05) is 6.92 Å². The summed E-state index contributed by atoms with van der Waals surface area (Å²) in [6.07, 6.45) is 2.83. The summed E-state index contributed by atoms with van der Waals surface area (Å²) in [7, 11) is 2.62. The van der Waals surface area contributed by atoms with E-state index in [-0.39, 0.29) is 5.92 Å². The van der Waals surface area contributed by atoms with Gasteiger partial charge in [0.25, 0.3) is 0 Å². The van der Waals surface area contributed by atoms with E-state index >= 15 is 0 Å². The lowest BCUT2D eigenvalue weighted by atomic mass is 9.75. The highest BCUT2D eigenvalue weighted by atomic mass is 16.5. The van der Waals surface area contributed by atoms with Gasteiger partial charge in [0.15, 0.2) is 5.41 Å². The molecule has 0 aromatic heterocycles. The Morgan fingerprint density at radius 1 is 1.29 bits per heavy atom. The van der Waals surface area contributed by atoms with Crippen LogP contribution in [0.25, 0.3) is 0 Å². The van der Waals surface area contributed by atoms with Crippen molar-refractivity contribution in [3.63, 3.8) is 0 Å². The molecular formula is C13H20O4. The largest absolute Gasteiger partial charge is 0.468 e. The van der Waals surface area contributed by atoms with Gasteiger partial charge in [-0.1, -0.05) is 12.0 Å². The first-order valence-electron chi connectivity index (χ1n) is 5.80. The number of methoxy groups -OCH3 is 2. The molecule has 1 aliphatic rings. The highest BCUT2D eigenvalue weighted by Gasteiger charge is 2.56. The number of carbonyl (C=O) groups is 2. The summed E-state index contributed by atoms with van der Waals surface area (Å²) in [4.78, 5) is 24.0. The highest BCUT2D eigenvalue weighted by Crippen LogP contribution is 2.48. The summed E-state index contributed by atoms with van der Waals surface area (Å²) in [5, 5.41) is 0. The lowest BCUT2D eigenvalue weighted by molar-refractivity contribution is -0.172. The minimum atomic E-state index is -1.12. The van der Waals surface area contributed by atoms with Crippen LogP contribution >= 0.6 is 0 Å². The monoisotopic (exact) mass is 240 g/mol. The molecule has 1 aliphatic carbocycles. The summed E-state index contributed by atoms with van der Waals surface area (Å²) in [5.41, 5.74) is -0.156. The van der Waals surface area contributed by atoms with Crippen molar-refractivity contribution >= 4 is 11.9 Å². The quantitative estimate of drug-likeness (QED) is 0.429. The zero-order valence-corrected chi connectivity index (χ0v) is 10.7. The van der Waals surface area contributed by atoms with Crippen LogP contribution in [0.15, 0.2) is 12.2 Å². The molecule has 1 unspecified atom stereocenters. The maximum atomic E-state index is 12.0. The van der Waals surface area contributed by atoms with Crippen LogP contribution < -0.4 is 0 Å². The van der Waals surface area contributed by atoms with E-state index < -0.39 is 17.4 Å². The Labute approximate surface area is 102 Å². The number of allylic oxidation sites excluding steroid dienone is 1. The van der Waals surface area contributed by atoms with E-state index in [4.69, 9.17) is 9.47 Å². The first-order chi connectivity index (χ1) is 7.98. The predicted molar refractivity (Wildman–Crippen MR) is 63.2 cm³/mol. The topological polar surface area (TPSA) is 52.6 Å². The van der Waals surface area contributed by atoms with Crippen LogP contribution in [0.4, 0.5) is 0 Å². The second-order valence-corrected chi connectivity index (χ2v) is 4.70. The third-order valence-corrected chi connectivity index (χ3v) is 3.51. The van der Waals surface area contributed by atoms with Gasteiger partial charge in [0, 0.05) is 0 Å².